The molecule has 0 N–H and O–H groups in total. The van der Waals surface area contributed by atoms with Crippen molar-refractivity contribution in [3.63, 3.8) is 0 Å². The van der Waals surface area contributed by atoms with E-state index in [9.17, 15) is 22.8 Å². The molecule has 1 amide bonds. The lowest BCUT2D eigenvalue weighted by molar-refractivity contribution is -0.139. The van der Waals surface area contributed by atoms with E-state index in [2.05, 4.69) is 28.7 Å². The van der Waals surface area contributed by atoms with Crippen molar-refractivity contribution < 1.29 is 36.6 Å². The fourth-order valence-electron chi connectivity index (χ4n) is 6.11. The number of ether oxygens (including phenoxy) is 2. The second-order valence-corrected chi connectivity index (χ2v) is 11.9. The van der Waals surface area contributed by atoms with E-state index in [1.165, 1.54) is 11.1 Å². The third-order valence-electron chi connectivity index (χ3n) is 8.62. The highest BCUT2D eigenvalue weighted by molar-refractivity contribution is 6.04. The van der Waals surface area contributed by atoms with Gasteiger partial charge in [-0.15, -0.1) is 0 Å². The summed E-state index contributed by atoms with van der Waals surface area (Å²) in [6, 6.07) is 7.44. The highest BCUT2D eigenvalue weighted by Crippen LogP contribution is 2.41. The van der Waals surface area contributed by atoms with Crippen LogP contribution in [-0.2, 0) is 15.7 Å². The molecule has 2 aliphatic carbocycles. The first-order valence-corrected chi connectivity index (χ1v) is 15.5. The van der Waals surface area contributed by atoms with Gasteiger partial charge in [0, 0.05) is 42.0 Å². The van der Waals surface area contributed by atoms with Crippen LogP contribution in [0.25, 0.3) is 0 Å². The topological polar surface area (TPSA) is 81.6 Å². The van der Waals surface area contributed by atoms with E-state index in [1.807, 2.05) is 0 Å². The van der Waals surface area contributed by atoms with Gasteiger partial charge in [-0.25, -0.2) is 19.2 Å². The molecule has 2 heterocycles. The third-order valence-corrected chi connectivity index (χ3v) is 8.62. The van der Waals surface area contributed by atoms with E-state index in [1.54, 1.807) is 18.2 Å². The van der Waals surface area contributed by atoms with Crippen LogP contribution in [0.15, 0.2) is 48.8 Å². The van der Waals surface area contributed by atoms with Crippen LogP contribution >= 0.6 is 0 Å². The van der Waals surface area contributed by atoms with Gasteiger partial charge in [0.2, 0.25) is 11.8 Å². The summed E-state index contributed by atoms with van der Waals surface area (Å²) in [7, 11) is 1.14. The van der Waals surface area contributed by atoms with Crippen molar-refractivity contribution in [2.75, 3.05) is 12.0 Å². The summed E-state index contributed by atoms with van der Waals surface area (Å²) >= 11 is 0. The summed E-state index contributed by atoms with van der Waals surface area (Å²) in [5.41, 5.74) is -1.15. The first kappa shape index (κ1) is 32.9. The van der Waals surface area contributed by atoms with Gasteiger partial charge in [0.15, 0.2) is 11.6 Å². The zero-order valence-electron chi connectivity index (χ0n) is 25.7. The highest BCUT2D eigenvalue weighted by atomic mass is 19.4. The van der Waals surface area contributed by atoms with Crippen molar-refractivity contribution in [2.24, 2.45) is 11.8 Å². The molecule has 0 bridgehead atoms. The number of hydrogen-bond donors (Lipinski definition) is 0. The smallest absolute Gasteiger partial charge is 0.421 e. The van der Waals surface area contributed by atoms with Gasteiger partial charge in [0.05, 0.1) is 18.4 Å². The molecule has 2 saturated carbocycles. The molecule has 0 saturated heterocycles. The van der Waals surface area contributed by atoms with Crippen LogP contribution in [0.5, 0.6) is 11.6 Å². The minimum Gasteiger partial charge on any atom is -0.465 e. The van der Waals surface area contributed by atoms with E-state index in [0.29, 0.717) is 37.3 Å². The molecule has 1 aromatic carbocycles. The van der Waals surface area contributed by atoms with E-state index in [4.69, 9.17) is 9.47 Å². The van der Waals surface area contributed by atoms with E-state index in [0.717, 1.165) is 63.6 Å². The number of nitrogens with zero attached hydrogens (tertiary/aromatic N) is 3. The number of amides is 1. The second kappa shape index (κ2) is 14.3. The minimum absolute atomic E-state index is 0.0244. The Balaban J connectivity index is 1.53. The minimum atomic E-state index is -4.92. The summed E-state index contributed by atoms with van der Waals surface area (Å²) in [5.74, 6) is 1.79. The average molecular weight is 638 g/mol. The second-order valence-electron chi connectivity index (χ2n) is 11.9. The fraction of sp³-hybridized carbons (Fsp3) is 0.429. The molecule has 11 heteroatoms. The Hall–Kier alpha value is -4.46. The molecule has 0 unspecified atom stereocenters. The maximum Gasteiger partial charge on any atom is 0.421 e. The molecule has 7 nitrogen and oxygen atoms in total. The van der Waals surface area contributed by atoms with Gasteiger partial charge in [-0.3, -0.25) is 4.79 Å². The van der Waals surface area contributed by atoms with Crippen LogP contribution in [0.3, 0.4) is 0 Å². The van der Waals surface area contributed by atoms with Gasteiger partial charge in [-0.1, -0.05) is 38.2 Å². The number of carbonyl (C=O) groups is 2. The van der Waals surface area contributed by atoms with Crippen molar-refractivity contribution in [1.82, 2.24) is 9.97 Å². The molecule has 5 rings (SSSR count). The van der Waals surface area contributed by atoms with Crippen molar-refractivity contribution in [3.05, 3.63) is 77.0 Å². The Bertz CT molecular complexity index is 1620. The Labute approximate surface area is 265 Å². The maximum absolute atomic E-state index is 15.8. The van der Waals surface area contributed by atoms with Crippen molar-refractivity contribution in [3.8, 4) is 23.5 Å². The number of hydrogen-bond acceptors (Lipinski definition) is 6. The largest absolute Gasteiger partial charge is 0.465 e. The number of halogens is 4. The fourth-order valence-corrected chi connectivity index (χ4v) is 6.11. The summed E-state index contributed by atoms with van der Waals surface area (Å²) in [5, 5.41) is 0. The van der Waals surface area contributed by atoms with Crippen LogP contribution in [-0.4, -0.2) is 35.0 Å². The number of pyridine rings is 2. The lowest BCUT2D eigenvalue weighted by Crippen LogP contribution is -2.46. The molecule has 46 heavy (non-hydrogen) atoms. The zero-order chi connectivity index (χ0) is 32.8. The summed E-state index contributed by atoms with van der Waals surface area (Å²) in [6.07, 6.45) is 4.94. The van der Waals surface area contributed by atoms with Crippen LogP contribution in [0.1, 0.15) is 91.9 Å². The number of aromatic nitrogens is 2. The van der Waals surface area contributed by atoms with E-state index in [-0.39, 0.29) is 34.7 Å². The SMILES string of the molecule is COC(=O)c1cc(Oc2ncc(C#Cc3ccccn3)cc2C(F)(F)F)c(F)cc1N(C(=O)[C@H]1CC[C@H](C)CC1)C1CCCCC1. The first-order valence-electron chi connectivity index (χ1n) is 15.5. The summed E-state index contributed by atoms with van der Waals surface area (Å²) in [4.78, 5) is 36.5. The van der Waals surface area contributed by atoms with Gasteiger partial charge in [-0.2, -0.15) is 13.2 Å². The molecule has 2 fully saturated rings. The van der Waals surface area contributed by atoms with E-state index < -0.39 is 35.2 Å². The molecule has 2 aromatic heterocycles. The third kappa shape index (κ3) is 7.66. The molecular weight excluding hydrogens is 602 g/mol. The monoisotopic (exact) mass is 637 g/mol. The predicted octanol–water partition coefficient (Wildman–Crippen LogP) is 8.11. The number of methoxy groups -OCH3 is 1. The normalized spacial score (nSPS) is 18.7. The van der Waals surface area contributed by atoms with Gasteiger partial charge >= 0.3 is 12.1 Å². The van der Waals surface area contributed by atoms with E-state index >= 15 is 4.39 Å². The molecular formula is C35H35F4N3O4. The molecule has 0 aliphatic heterocycles. The molecule has 0 spiro atoms. The molecule has 3 aromatic rings. The molecule has 0 radical (unpaired) electrons. The number of benzene rings is 1. The number of anilines is 1. The summed E-state index contributed by atoms with van der Waals surface area (Å²) in [6.45, 7) is 2.14. The van der Waals surface area contributed by atoms with Gasteiger partial charge in [0.25, 0.3) is 0 Å². The van der Waals surface area contributed by atoms with Crippen LogP contribution in [0.2, 0.25) is 0 Å². The zero-order valence-corrected chi connectivity index (χ0v) is 25.7. The van der Waals surface area contributed by atoms with Gasteiger partial charge in [-0.05, 0) is 68.6 Å². The molecule has 0 atom stereocenters. The van der Waals surface area contributed by atoms with Crippen LogP contribution in [0, 0.1) is 29.5 Å². The standard InChI is InChI=1S/C35H35F4N3O4/c1-22-11-14-24(15-12-22)33(43)42(26-9-4-3-5-10-26)30-20-29(36)31(19-27(30)34(44)45-2)46-32-28(35(37,38)39)18-23(21-41-32)13-16-25-8-6-7-17-40-25/h6-8,17-22,24,26H,3-5,9-12,14-15H2,1-2H3/t22-,24-. The van der Waals surface area contributed by atoms with Gasteiger partial charge < -0.3 is 14.4 Å². The number of rotatable bonds is 6. The van der Waals surface area contributed by atoms with Crippen molar-refractivity contribution >= 4 is 17.6 Å². The van der Waals surface area contributed by atoms with Crippen LogP contribution < -0.4 is 9.64 Å². The Morgan fingerprint density at radius 3 is 2.35 bits per heavy atom. The number of esters is 1. The predicted molar refractivity (Wildman–Crippen MR) is 163 cm³/mol. The van der Waals surface area contributed by atoms with Crippen LogP contribution in [0.4, 0.5) is 23.2 Å². The maximum atomic E-state index is 15.8. The lowest BCUT2D eigenvalue weighted by Gasteiger charge is -2.38. The number of alkyl halides is 3. The average Bonchev–Trinajstić information content (AvgIpc) is 3.06. The quantitative estimate of drug-likeness (QED) is 0.154. The lowest BCUT2D eigenvalue weighted by atomic mass is 9.81. The van der Waals surface area contributed by atoms with Gasteiger partial charge in [0.1, 0.15) is 11.3 Å². The first-order chi connectivity index (χ1) is 22.0. The number of carbonyl (C=O) groups excluding carboxylic acids is 2. The summed E-state index contributed by atoms with van der Waals surface area (Å²) < 4.78 is 68.6. The Kier molecular flexibility index (Phi) is 10.2. The molecule has 242 valence electrons. The highest BCUT2D eigenvalue weighted by Gasteiger charge is 2.38. The Morgan fingerprint density at radius 1 is 0.957 bits per heavy atom. The molecule has 2 aliphatic rings. The van der Waals surface area contributed by atoms with Crippen molar-refractivity contribution in [1.29, 1.82) is 0 Å². The Morgan fingerprint density at radius 2 is 1.70 bits per heavy atom. The van der Waals surface area contributed by atoms with Crippen molar-refractivity contribution in [2.45, 2.75) is 76.9 Å².